The van der Waals surface area contributed by atoms with E-state index in [0.29, 0.717) is 16.8 Å². The summed E-state index contributed by atoms with van der Waals surface area (Å²) >= 11 is 5.87. The summed E-state index contributed by atoms with van der Waals surface area (Å²) in [5.74, 6) is 1.14. The first-order valence-electron chi connectivity index (χ1n) is 6.73. The second-order valence-electron chi connectivity index (χ2n) is 4.66. The van der Waals surface area contributed by atoms with Crippen molar-refractivity contribution in [3.63, 3.8) is 0 Å². The normalized spacial score (nSPS) is 10.3. The van der Waals surface area contributed by atoms with Crippen LogP contribution in [0.3, 0.4) is 0 Å². The van der Waals surface area contributed by atoms with E-state index >= 15 is 0 Å². The van der Waals surface area contributed by atoms with E-state index in [1.54, 1.807) is 18.3 Å². The number of hydrogen-bond donors (Lipinski definition) is 1. The summed E-state index contributed by atoms with van der Waals surface area (Å²) in [6, 6.07) is 17.3. The molecule has 0 unspecified atom stereocenters. The first-order chi connectivity index (χ1) is 10.7. The van der Waals surface area contributed by atoms with Crippen LogP contribution in [-0.4, -0.2) is 22.2 Å². The monoisotopic (exact) mass is 311 g/mol. The van der Waals surface area contributed by atoms with E-state index in [1.165, 1.54) is 0 Å². The third-order valence-electron chi connectivity index (χ3n) is 3.13. The maximum absolute atomic E-state index is 5.87. The summed E-state index contributed by atoms with van der Waals surface area (Å²) in [4.78, 5) is 6.42. The van der Waals surface area contributed by atoms with Crippen molar-refractivity contribution in [3.05, 3.63) is 65.8 Å². The van der Waals surface area contributed by atoms with Gasteiger partial charge in [-0.1, -0.05) is 29.8 Å². The van der Waals surface area contributed by atoms with Gasteiger partial charge in [0.05, 0.1) is 6.20 Å². The molecule has 0 atom stereocenters. The van der Waals surface area contributed by atoms with Crippen molar-refractivity contribution in [2.45, 2.75) is 0 Å². The van der Waals surface area contributed by atoms with Crippen LogP contribution in [0.5, 0.6) is 0 Å². The molecule has 0 aliphatic rings. The van der Waals surface area contributed by atoms with Crippen molar-refractivity contribution < 1.29 is 0 Å². The number of hydrogen-bond acceptors (Lipinski definition) is 5. The molecule has 0 saturated carbocycles. The van der Waals surface area contributed by atoms with Crippen LogP contribution in [0.4, 0.5) is 23.1 Å². The molecule has 2 aromatic carbocycles. The zero-order valence-corrected chi connectivity index (χ0v) is 12.7. The fraction of sp³-hybridized carbons (Fsp3) is 0.0625. The quantitative estimate of drug-likeness (QED) is 0.788. The van der Waals surface area contributed by atoms with Gasteiger partial charge in [0.1, 0.15) is 0 Å². The van der Waals surface area contributed by atoms with E-state index in [-0.39, 0.29) is 0 Å². The molecule has 0 aliphatic heterocycles. The van der Waals surface area contributed by atoms with Crippen LogP contribution in [0.1, 0.15) is 0 Å². The predicted octanol–water partition coefficient (Wildman–Crippen LogP) is 4.04. The minimum absolute atomic E-state index is 0.433. The largest absolute Gasteiger partial charge is 0.328 e. The highest BCUT2D eigenvalue weighted by Crippen LogP contribution is 2.22. The van der Waals surface area contributed by atoms with Gasteiger partial charge in [0.2, 0.25) is 5.95 Å². The van der Waals surface area contributed by atoms with Crippen molar-refractivity contribution >= 4 is 34.7 Å². The molecule has 22 heavy (non-hydrogen) atoms. The zero-order chi connectivity index (χ0) is 15.4. The molecule has 110 valence electrons. The summed E-state index contributed by atoms with van der Waals surface area (Å²) in [5, 5.41) is 11.8. The molecule has 0 radical (unpaired) electrons. The second kappa shape index (κ2) is 6.41. The molecule has 6 heteroatoms. The minimum Gasteiger partial charge on any atom is -0.328 e. The maximum Gasteiger partial charge on any atom is 0.249 e. The minimum atomic E-state index is 0.433. The van der Waals surface area contributed by atoms with Crippen LogP contribution in [-0.2, 0) is 0 Å². The average Bonchev–Trinajstić information content (AvgIpc) is 2.57. The first-order valence-corrected chi connectivity index (χ1v) is 7.11. The summed E-state index contributed by atoms with van der Waals surface area (Å²) in [6.07, 6.45) is 1.63. The van der Waals surface area contributed by atoms with Crippen LogP contribution >= 0.6 is 11.6 Å². The van der Waals surface area contributed by atoms with Crippen LogP contribution < -0.4 is 10.2 Å². The van der Waals surface area contributed by atoms with E-state index in [4.69, 9.17) is 11.6 Å². The van der Waals surface area contributed by atoms with Gasteiger partial charge >= 0.3 is 0 Å². The Hall–Kier alpha value is -2.66. The van der Waals surface area contributed by atoms with Crippen LogP contribution in [0, 0.1) is 0 Å². The first kappa shape index (κ1) is 14.3. The third kappa shape index (κ3) is 3.32. The van der Waals surface area contributed by atoms with Gasteiger partial charge in [0, 0.05) is 23.4 Å². The summed E-state index contributed by atoms with van der Waals surface area (Å²) in [7, 11) is 1.94. The van der Waals surface area contributed by atoms with E-state index < -0.39 is 0 Å². The van der Waals surface area contributed by atoms with Crippen molar-refractivity contribution in [2.75, 3.05) is 17.3 Å². The Morgan fingerprint density at radius 3 is 2.45 bits per heavy atom. The number of benzene rings is 2. The van der Waals surface area contributed by atoms with Gasteiger partial charge in [-0.05, 0) is 36.4 Å². The van der Waals surface area contributed by atoms with E-state index in [1.807, 2.05) is 54.4 Å². The van der Waals surface area contributed by atoms with Gasteiger partial charge in [-0.25, -0.2) is 0 Å². The highest BCUT2D eigenvalue weighted by Gasteiger charge is 2.07. The Labute approximate surface area is 133 Å². The maximum atomic E-state index is 5.87. The van der Waals surface area contributed by atoms with Crippen LogP contribution in [0.2, 0.25) is 5.02 Å². The van der Waals surface area contributed by atoms with Crippen LogP contribution in [0.25, 0.3) is 0 Å². The Balaban J connectivity index is 1.82. The SMILES string of the molecule is CN(c1ccccc1)c1cnnc(Nc2ccc(Cl)cc2)n1. The van der Waals surface area contributed by atoms with Crippen molar-refractivity contribution in [2.24, 2.45) is 0 Å². The number of nitrogens with zero attached hydrogens (tertiary/aromatic N) is 4. The molecule has 0 spiro atoms. The molecule has 1 N–H and O–H groups in total. The molecule has 0 amide bonds. The summed E-state index contributed by atoms with van der Waals surface area (Å²) < 4.78 is 0. The van der Waals surface area contributed by atoms with Gasteiger partial charge < -0.3 is 10.2 Å². The van der Waals surface area contributed by atoms with Gasteiger partial charge in [-0.3, -0.25) is 0 Å². The fourth-order valence-electron chi connectivity index (χ4n) is 1.96. The van der Waals surface area contributed by atoms with Crippen molar-refractivity contribution in [1.29, 1.82) is 0 Å². The van der Waals surface area contributed by atoms with E-state index in [0.717, 1.165) is 11.4 Å². The lowest BCUT2D eigenvalue weighted by molar-refractivity contribution is 0.957. The van der Waals surface area contributed by atoms with Gasteiger partial charge in [-0.15, -0.1) is 5.10 Å². The van der Waals surface area contributed by atoms with Gasteiger partial charge in [0.15, 0.2) is 5.82 Å². The molecule has 0 fully saturated rings. The average molecular weight is 312 g/mol. The molecule has 3 aromatic rings. The Morgan fingerprint density at radius 1 is 1.00 bits per heavy atom. The Kier molecular flexibility index (Phi) is 4.16. The number of halogens is 1. The number of anilines is 4. The second-order valence-corrected chi connectivity index (χ2v) is 5.10. The zero-order valence-electron chi connectivity index (χ0n) is 11.9. The predicted molar refractivity (Wildman–Crippen MR) is 89.1 cm³/mol. The molecule has 1 aromatic heterocycles. The molecular weight excluding hydrogens is 298 g/mol. The standard InChI is InChI=1S/C16H14ClN5/c1-22(14-5-3-2-4-6-14)15-11-18-21-16(20-15)19-13-9-7-12(17)8-10-13/h2-11H,1H3,(H,19,20,21). The molecule has 0 bridgehead atoms. The molecule has 1 heterocycles. The summed E-state index contributed by atoms with van der Waals surface area (Å²) in [6.45, 7) is 0. The number of aromatic nitrogens is 3. The highest BCUT2D eigenvalue weighted by molar-refractivity contribution is 6.30. The lowest BCUT2D eigenvalue weighted by Gasteiger charge is -2.18. The van der Waals surface area contributed by atoms with Gasteiger partial charge in [-0.2, -0.15) is 10.1 Å². The Morgan fingerprint density at radius 2 is 1.73 bits per heavy atom. The smallest absolute Gasteiger partial charge is 0.249 e. The highest BCUT2D eigenvalue weighted by atomic mass is 35.5. The third-order valence-corrected chi connectivity index (χ3v) is 3.39. The van der Waals surface area contributed by atoms with Gasteiger partial charge in [0.25, 0.3) is 0 Å². The van der Waals surface area contributed by atoms with Crippen molar-refractivity contribution in [3.8, 4) is 0 Å². The lowest BCUT2D eigenvalue weighted by atomic mass is 10.3. The van der Waals surface area contributed by atoms with Crippen molar-refractivity contribution in [1.82, 2.24) is 15.2 Å². The number of nitrogens with one attached hydrogen (secondary N) is 1. The van der Waals surface area contributed by atoms with Crippen LogP contribution in [0.15, 0.2) is 60.8 Å². The topological polar surface area (TPSA) is 53.9 Å². The Bertz CT molecular complexity index is 746. The lowest BCUT2D eigenvalue weighted by Crippen LogP contribution is -2.13. The molecule has 5 nitrogen and oxygen atoms in total. The molecule has 0 saturated heterocycles. The summed E-state index contributed by atoms with van der Waals surface area (Å²) in [5.41, 5.74) is 1.88. The fourth-order valence-corrected chi connectivity index (χ4v) is 2.08. The van der Waals surface area contributed by atoms with E-state index in [2.05, 4.69) is 20.5 Å². The molecule has 3 rings (SSSR count). The number of rotatable bonds is 4. The van der Waals surface area contributed by atoms with E-state index in [9.17, 15) is 0 Å². The molecule has 0 aliphatic carbocycles. The number of para-hydroxylation sites is 1. The molecular formula is C16H14ClN5.